The fraction of sp³-hybridized carbons (Fsp3) is 0.750. The van der Waals surface area contributed by atoms with E-state index in [0.717, 1.165) is 0 Å². The minimum absolute atomic E-state index is 0.00132. The highest BCUT2D eigenvalue weighted by molar-refractivity contribution is 5.78. The third-order valence-electron chi connectivity index (χ3n) is 1.42. The van der Waals surface area contributed by atoms with E-state index in [1.165, 1.54) is 0 Å². The van der Waals surface area contributed by atoms with E-state index < -0.39 is 0 Å². The fourth-order valence-electron chi connectivity index (χ4n) is 0.678. The van der Waals surface area contributed by atoms with Crippen LogP contribution in [-0.2, 0) is 9.59 Å². The van der Waals surface area contributed by atoms with E-state index in [1.807, 2.05) is 13.8 Å². The first-order valence-corrected chi connectivity index (χ1v) is 4.10. The zero-order valence-electron chi connectivity index (χ0n) is 7.59. The third-order valence-corrected chi connectivity index (χ3v) is 1.42. The van der Waals surface area contributed by atoms with Crippen LogP contribution in [0.25, 0.3) is 0 Å². The van der Waals surface area contributed by atoms with Gasteiger partial charge in [0, 0.05) is 18.9 Å². The van der Waals surface area contributed by atoms with Crippen molar-refractivity contribution >= 4 is 11.8 Å². The van der Waals surface area contributed by atoms with E-state index in [2.05, 4.69) is 5.32 Å². The standard InChI is InChI=1S/C8H16N2O2/c1-6(2)8(12)10-5-3-4-7(9)11/h6H,3-5H2,1-2H3,(H2,9,11)(H,10,12). The highest BCUT2D eigenvalue weighted by Crippen LogP contribution is 1.91. The summed E-state index contributed by atoms with van der Waals surface area (Å²) in [7, 11) is 0. The zero-order valence-corrected chi connectivity index (χ0v) is 7.59. The van der Waals surface area contributed by atoms with Gasteiger partial charge in [0.1, 0.15) is 0 Å². The lowest BCUT2D eigenvalue weighted by molar-refractivity contribution is -0.124. The number of nitrogens with one attached hydrogen (secondary N) is 1. The van der Waals surface area contributed by atoms with Crippen LogP contribution in [0.3, 0.4) is 0 Å². The molecule has 0 aromatic rings. The van der Waals surface area contributed by atoms with Crippen molar-refractivity contribution in [2.75, 3.05) is 6.54 Å². The number of hydrogen-bond donors (Lipinski definition) is 2. The number of rotatable bonds is 5. The maximum Gasteiger partial charge on any atom is 0.222 e. The molecule has 0 atom stereocenters. The van der Waals surface area contributed by atoms with Gasteiger partial charge >= 0.3 is 0 Å². The second-order valence-electron chi connectivity index (χ2n) is 3.02. The number of nitrogens with two attached hydrogens (primary N) is 1. The Morgan fingerprint density at radius 3 is 2.42 bits per heavy atom. The molecule has 4 nitrogen and oxygen atoms in total. The molecule has 0 saturated heterocycles. The van der Waals surface area contributed by atoms with Crippen LogP contribution in [-0.4, -0.2) is 18.4 Å². The van der Waals surface area contributed by atoms with Crippen LogP contribution in [0.15, 0.2) is 0 Å². The van der Waals surface area contributed by atoms with Crippen molar-refractivity contribution in [1.29, 1.82) is 0 Å². The molecule has 0 heterocycles. The van der Waals surface area contributed by atoms with E-state index in [9.17, 15) is 9.59 Å². The number of amides is 2. The Balaban J connectivity index is 3.32. The minimum Gasteiger partial charge on any atom is -0.370 e. The lowest BCUT2D eigenvalue weighted by Crippen LogP contribution is -2.29. The Morgan fingerprint density at radius 1 is 1.42 bits per heavy atom. The van der Waals surface area contributed by atoms with Gasteiger partial charge in [0.15, 0.2) is 0 Å². The van der Waals surface area contributed by atoms with Gasteiger partial charge in [-0.15, -0.1) is 0 Å². The van der Waals surface area contributed by atoms with Crippen molar-refractivity contribution in [3.8, 4) is 0 Å². The number of hydrogen-bond acceptors (Lipinski definition) is 2. The SMILES string of the molecule is CC(C)C(=O)NCCCC(N)=O. The average molecular weight is 172 g/mol. The molecule has 0 bridgehead atoms. The molecular weight excluding hydrogens is 156 g/mol. The molecule has 0 rings (SSSR count). The van der Waals surface area contributed by atoms with Crippen molar-refractivity contribution in [2.24, 2.45) is 11.7 Å². The molecule has 0 unspecified atom stereocenters. The van der Waals surface area contributed by atoms with Crippen LogP contribution in [0.4, 0.5) is 0 Å². The van der Waals surface area contributed by atoms with E-state index >= 15 is 0 Å². The van der Waals surface area contributed by atoms with Gasteiger partial charge < -0.3 is 11.1 Å². The van der Waals surface area contributed by atoms with Gasteiger partial charge in [0.2, 0.25) is 11.8 Å². The monoisotopic (exact) mass is 172 g/mol. The molecule has 0 aromatic heterocycles. The summed E-state index contributed by atoms with van der Waals surface area (Å²) in [6, 6.07) is 0. The van der Waals surface area contributed by atoms with Gasteiger partial charge in [0.25, 0.3) is 0 Å². The molecule has 2 amide bonds. The number of primary amides is 1. The van der Waals surface area contributed by atoms with E-state index in [1.54, 1.807) is 0 Å². The predicted molar refractivity (Wildman–Crippen MR) is 46.3 cm³/mol. The summed E-state index contributed by atoms with van der Waals surface area (Å²) in [5, 5.41) is 2.69. The Morgan fingerprint density at radius 2 is 2.00 bits per heavy atom. The third kappa shape index (κ3) is 5.70. The molecule has 0 aliphatic rings. The van der Waals surface area contributed by atoms with Crippen LogP contribution in [0.2, 0.25) is 0 Å². The summed E-state index contributed by atoms with van der Waals surface area (Å²) in [5.74, 6) is -0.313. The molecule has 12 heavy (non-hydrogen) atoms. The van der Waals surface area contributed by atoms with Crippen molar-refractivity contribution < 1.29 is 9.59 Å². The van der Waals surface area contributed by atoms with Crippen LogP contribution in [0.1, 0.15) is 26.7 Å². The van der Waals surface area contributed by atoms with Crippen molar-refractivity contribution in [3.05, 3.63) is 0 Å². The zero-order chi connectivity index (χ0) is 9.56. The predicted octanol–water partition coefficient (Wildman–Crippen LogP) is 0.0241. The smallest absolute Gasteiger partial charge is 0.222 e. The summed E-state index contributed by atoms with van der Waals surface area (Å²) in [4.78, 5) is 21.2. The summed E-state index contributed by atoms with van der Waals surface area (Å²) in [5.41, 5.74) is 4.92. The van der Waals surface area contributed by atoms with Gasteiger partial charge in [-0.3, -0.25) is 9.59 Å². The molecule has 0 fully saturated rings. The van der Waals surface area contributed by atoms with Gasteiger partial charge in [-0.1, -0.05) is 13.8 Å². The molecule has 4 heteroatoms. The van der Waals surface area contributed by atoms with Crippen molar-refractivity contribution in [2.45, 2.75) is 26.7 Å². The Hall–Kier alpha value is -1.06. The van der Waals surface area contributed by atoms with Crippen LogP contribution >= 0.6 is 0 Å². The van der Waals surface area contributed by atoms with Gasteiger partial charge in [-0.25, -0.2) is 0 Å². The van der Waals surface area contributed by atoms with E-state index in [4.69, 9.17) is 5.73 Å². The number of carbonyl (C=O) groups is 2. The topological polar surface area (TPSA) is 72.2 Å². The highest BCUT2D eigenvalue weighted by Gasteiger charge is 2.04. The summed E-state index contributed by atoms with van der Waals surface area (Å²) in [6.45, 7) is 4.17. The van der Waals surface area contributed by atoms with Crippen molar-refractivity contribution in [3.63, 3.8) is 0 Å². The Labute approximate surface area is 72.5 Å². The molecule has 3 N–H and O–H groups in total. The summed E-state index contributed by atoms with van der Waals surface area (Å²) >= 11 is 0. The molecule has 0 saturated carbocycles. The van der Waals surface area contributed by atoms with Gasteiger partial charge in [0.05, 0.1) is 0 Å². The molecule has 0 aliphatic heterocycles. The first-order chi connectivity index (χ1) is 5.54. The van der Waals surface area contributed by atoms with Crippen LogP contribution < -0.4 is 11.1 Å². The number of carbonyl (C=O) groups excluding carboxylic acids is 2. The van der Waals surface area contributed by atoms with Gasteiger partial charge in [-0.2, -0.15) is 0 Å². The average Bonchev–Trinajstić information content (AvgIpc) is 1.97. The molecule has 0 spiro atoms. The maximum atomic E-state index is 11.0. The van der Waals surface area contributed by atoms with Crippen LogP contribution in [0, 0.1) is 5.92 Å². The lowest BCUT2D eigenvalue weighted by atomic mass is 10.2. The fourth-order valence-corrected chi connectivity index (χ4v) is 0.678. The van der Waals surface area contributed by atoms with Crippen LogP contribution in [0.5, 0.6) is 0 Å². The minimum atomic E-state index is -0.325. The molecule has 0 aromatic carbocycles. The lowest BCUT2D eigenvalue weighted by Gasteiger charge is -2.05. The first kappa shape index (κ1) is 10.9. The van der Waals surface area contributed by atoms with E-state index in [-0.39, 0.29) is 17.7 Å². The second-order valence-corrected chi connectivity index (χ2v) is 3.02. The Bertz CT molecular complexity index is 166. The molecular formula is C8H16N2O2. The van der Waals surface area contributed by atoms with E-state index in [0.29, 0.717) is 19.4 Å². The highest BCUT2D eigenvalue weighted by atomic mass is 16.2. The maximum absolute atomic E-state index is 11.0. The quantitative estimate of drug-likeness (QED) is 0.574. The Kier molecular flexibility index (Phi) is 5.08. The second kappa shape index (κ2) is 5.57. The molecule has 0 aliphatic carbocycles. The van der Waals surface area contributed by atoms with Gasteiger partial charge in [-0.05, 0) is 6.42 Å². The summed E-state index contributed by atoms with van der Waals surface area (Å²) in [6.07, 6.45) is 0.951. The largest absolute Gasteiger partial charge is 0.370 e. The first-order valence-electron chi connectivity index (χ1n) is 4.10. The molecule has 70 valence electrons. The van der Waals surface area contributed by atoms with Crippen molar-refractivity contribution in [1.82, 2.24) is 5.32 Å². The molecule has 0 radical (unpaired) electrons. The normalized spacial score (nSPS) is 9.92. The summed E-state index contributed by atoms with van der Waals surface area (Å²) < 4.78 is 0.